The number of halogens is 3. The molecular weight excluding hydrogens is 405 g/mol. The van der Waals surface area contributed by atoms with Crippen LogP contribution in [-0.2, 0) is 17.3 Å². The summed E-state index contributed by atoms with van der Waals surface area (Å²) in [5.41, 5.74) is 0.0935. The smallest absolute Gasteiger partial charge is 0.419 e. The Hall–Kier alpha value is -2.68. The van der Waals surface area contributed by atoms with Crippen molar-refractivity contribution >= 4 is 35.1 Å². The zero-order valence-electron chi connectivity index (χ0n) is 15.8. The lowest BCUT2D eigenvalue weighted by Gasteiger charge is -2.22. The van der Waals surface area contributed by atoms with Gasteiger partial charge >= 0.3 is 18.2 Å². The summed E-state index contributed by atoms with van der Waals surface area (Å²) < 4.78 is 46.2. The Morgan fingerprint density at radius 1 is 1.24 bits per heavy atom. The number of carbonyl (C=O) groups is 2. The van der Waals surface area contributed by atoms with Crippen molar-refractivity contribution in [2.75, 3.05) is 29.6 Å². The molecule has 2 amide bonds. The Balaban J connectivity index is 2.01. The lowest BCUT2D eigenvalue weighted by molar-refractivity contribution is -0.139. The van der Waals surface area contributed by atoms with Gasteiger partial charge in [-0.05, 0) is 43.4 Å². The number of para-hydroxylation sites is 1. The van der Waals surface area contributed by atoms with Crippen molar-refractivity contribution < 1.29 is 27.5 Å². The van der Waals surface area contributed by atoms with Gasteiger partial charge in [0.2, 0.25) is 0 Å². The minimum Gasteiger partial charge on any atom is -0.462 e. The zero-order valence-corrected chi connectivity index (χ0v) is 16.6. The molecular formula is C20H19F3N2O3S. The molecule has 1 aliphatic heterocycles. The zero-order chi connectivity index (χ0) is 21.2. The van der Waals surface area contributed by atoms with Crippen LogP contribution in [0.1, 0.15) is 28.4 Å². The third-order valence-corrected chi connectivity index (χ3v) is 5.25. The highest BCUT2D eigenvalue weighted by Crippen LogP contribution is 2.42. The van der Waals surface area contributed by atoms with Crippen LogP contribution < -0.4 is 10.2 Å². The Bertz CT molecular complexity index is 947. The number of hydrogen-bond donors (Lipinski definition) is 1. The maximum atomic E-state index is 13.7. The van der Waals surface area contributed by atoms with Crippen LogP contribution in [-0.4, -0.2) is 31.4 Å². The van der Waals surface area contributed by atoms with E-state index in [4.69, 9.17) is 4.74 Å². The average molecular weight is 424 g/mol. The number of alkyl halides is 3. The Labute approximate surface area is 170 Å². The lowest BCUT2D eigenvalue weighted by Crippen LogP contribution is -2.34. The molecule has 2 aromatic rings. The number of rotatable bonds is 4. The van der Waals surface area contributed by atoms with Crippen LogP contribution in [0.2, 0.25) is 0 Å². The maximum Gasteiger partial charge on any atom is 0.419 e. The van der Waals surface area contributed by atoms with E-state index >= 15 is 0 Å². The summed E-state index contributed by atoms with van der Waals surface area (Å²) in [6.45, 7) is 2.05. The van der Waals surface area contributed by atoms with Crippen molar-refractivity contribution in [2.45, 2.75) is 24.4 Å². The van der Waals surface area contributed by atoms with Crippen molar-refractivity contribution in [2.24, 2.45) is 0 Å². The number of nitrogens with zero attached hydrogens (tertiary/aromatic N) is 1. The molecule has 0 aromatic heterocycles. The molecule has 0 radical (unpaired) electrons. The van der Waals surface area contributed by atoms with E-state index in [0.29, 0.717) is 18.7 Å². The van der Waals surface area contributed by atoms with Crippen LogP contribution in [0.15, 0.2) is 41.3 Å². The van der Waals surface area contributed by atoms with Crippen LogP contribution >= 0.6 is 11.8 Å². The largest absolute Gasteiger partial charge is 0.462 e. The normalized spacial score (nSPS) is 13.2. The average Bonchev–Trinajstić information content (AvgIpc) is 3.10. The number of urea groups is 1. The molecule has 0 saturated heterocycles. The number of ether oxygens (including phenoxy) is 1. The predicted octanol–water partition coefficient (Wildman–Crippen LogP) is 5.20. The standard InChI is InChI=1S/C20H19F3N2O3S/c1-3-28-18(26)13-10-14(17(20(21,22)23)16(11-13)29-2)24-19(27)25-9-8-12-6-4-5-7-15(12)25/h4-7,10-11H,3,8-9H2,1-2H3,(H,24,27). The second kappa shape index (κ2) is 8.36. The molecule has 3 rings (SSSR count). The molecule has 154 valence electrons. The number of fused-ring (bicyclic) bond motifs is 1. The summed E-state index contributed by atoms with van der Waals surface area (Å²) in [5.74, 6) is -0.751. The number of hydrogen-bond acceptors (Lipinski definition) is 4. The van der Waals surface area contributed by atoms with E-state index < -0.39 is 29.4 Å². The van der Waals surface area contributed by atoms with Gasteiger partial charge < -0.3 is 10.1 Å². The third kappa shape index (κ3) is 4.34. The van der Waals surface area contributed by atoms with E-state index in [1.165, 1.54) is 11.2 Å². The van der Waals surface area contributed by atoms with Gasteiger partial charge in [-0.15, -0.1) is 11.8 Å². The number of amides is 2. The highest BCUT2D eigenvalue weighted by atomic mass is 32.2. The van der Waals surface area contributed by atoms with Gasteiger partial charge in [0, 0.05) is 17.1 Å². The van der Waals surface area contributed by atoms with E-state index in [-0.39, 0.29) is 17.1 Å². The number of anilines is 2. The van der Waals surface area contributed by atoms with Crippen LogP contribution in [0.25, 0.3) is 0 Å². The molecule has 1 N–H and O–H groups in total. The summed E-state index contributed by atoms with van der Waals surface area (Å²) in [4.78, 5) is 26.1. The van der Waals surface area contributed by atoms with Gasteiger partial charge in [0.1, 0.15) is 0 Å². The first-order valence-electron chi connectivity index (χ1n) is 8.89. The number of esters is 1. The van der Waals surface area contributed by atoms with Gasteiger partial charge in [0.25, 0.3) is 0 Å². The molecule has 0 unspecified atom stereocenters. The molecule has 0 aliphatic carbocycles. The van der Waals surface area contributed by atoms with Gasteiger partial charge in [-0.3, -0.25) is 4.90 Å². The molecule has 2 aromatic carbocycles. The Morgan fingerprint density at radius 3 is 2.62 bits per heavy atom. The first-order valence-corrected chi connectivity index (χ1v) is 10.1. The summed E-state index contributed by atoms with van der Waals surface area (Å²) in [5, 5.41) is 2.36. The first kappa shape index (κ1) is 21.0. The molecule has 0 spiro atoms. The van der Waals surface area contributed by atoms with Crippen molar-refractivity contribution in [3.8, 4) is 0 Å². The topological polar surface area (TPSA) is 58.6 Å². The van der Waals surface area contributed by atoms with Gasteiger partial charge in [-0.2, -0.15) is 13.2 Å². The van der Waals surface area contributed by atoms with Gasteiger partial charge in [-0.1, -0.05) is 18.2 Å². The minimum atomic E-state index is -4.71. The first-order chi connectivity index (χ1) is 13.8. The third-order valence-electron chi connectivity index (χ3n) is 4.49. The summed E-state index contributed by atoms with van der Waals surface area (Å²) in [7, 11) is 0. The summed E-state index contributed by atoms with van der Waals surface area (Å²) in [6, 6.07) is 8.68. The molecule has 0 saturated carbocycles. The molecule has 9 heteroatoms. The summed E-state index contributed by atoms with van der Waals surface area (Å²) >= 11 is 0.841. The molecule has 0 fully saturated rings. The van der Waals surface area contributed by atoms with Crippen molar-refractivity contribution in [1.29, 1.82) is 0 Å². The fourth-order valence-corrected chi connectivity index (χ4v) is 3.91. The maximum absolute atomic E-state index is 13.7. The van der Waals surface area contributed by atoms with Crippen molar-refractivity contribution in [3.05, 3.63) is 53.1 Å². The fourth-order valence-electron chi connectivity index (χ4n) is 3.23. The van der Waals surface area contributed by atoms with E-state index in [0.717, 1.165) is 29.5 Å². The van der Waals surface area contributed by atoms with Crippen molar-refractivity contribution in [3.63, 3.8) is 0 Å². The predicted molar refractivity (Wildman–Crippen MR) is 106 cm³/mol. The highest BCUT2D eigenvalue weighted by Gasteiger charge is 2.38. The van der Waals surface area contributed by atoms with E-state index in [9.17, 15) is 22.8 Å². The lowest BCUT2D eigenvalue weighted by atomic mass is 10.1. The van der Waals surface area contributed by atoms with Crippen LogP contribution in [0.3, 0.4) is 0 Å². The van der Waals surface area contributed by atoms with Crippen LogP contribution in [0, 0.1) is 0 Å². The number of nitrogens with one attached hydrogen (secondary N) is 1. The molecule has 1 aliphatic rings. The minimum absolute atomic E-state index is 0.0543. The Kier molecular flexibility index (Phi) is 6.07. The number of thioether (sulfide) groups is 1. The second-order valence-corrected chi connectivity index (χ2v) is 7.13. The second-order valence-electron chi connectivity index (χ2n) is 6.28. The van der Waals surface area contributed by atoms with Gasteiger partial charge in [0.05, 0.1) is 23.4 Å². The van der Waals surface area contributed by atoms with E-state index in [2.05, 4.69) is 5.32 Å². The Morgan fingerprint density at radius 2 is 1.97 bits per heavy atom. The SMILES string of the molecule is CCOC(=O)c1cc(NC(=O)N2CCc3ccccc32)c(C(F)(F)F)c(SC)c1. The monoisotopic (exact) mass is 424 g/mol. The van der Waals surface area contributed by atoms with Crippen LogP contribution in [0.5, 0.6) is 0 Å². The highest BCUT2D eigenvalue weighted by molar-refractivity contribution is 7.98. The quantitative estimate of drug-likeness (QED) is 0.542. The number of carbonyl (C=O) groups excluding carboxylic acids is 2. The van der Waals surface area contributed by atoms with Gasteiger partial charge in [-0.25, -0.2) is 9.59 Å². The van der Waals surface area contributed by atoms with Crippen molar-refractivity contribution in [1.82, 2.24) is 0 Å². The molecule has 29 heavy (non-hydrogen) atoms. The molecule has 5 nitrogen and oxygen atoms in total. The molecule has 0 bridgehead atoms. The van der Waals surface area contributed by atoms with Crippen LogP contribution in [0.4, 0.5) is 29.3 Å². The van der Waals surface area contributed by atoms with E-state index in [1.54, 1.807) is 19.1 Å². The fraction of sp³-hybridized carbons (Fsp3) is 0.300. The molecule has 0 atom stereocenters. The molecule has 1 heterocycles. The van der Waals surface area contributed by atoms with Gasteiger partial charge in [0.15, 0.2) is 0 Å². The van der Waals surface area contributed by atoms with E-state index in [1.807, 2.05) is 12.1 Å². The number of benzene rings is 2. The summed E-state index contributed by atoms with van der Waals surface area (Å²) in [6.07, 6.45) is -2.62.